The summed E-state index contributed by atoms with van der Waals surface area (Å²) in [7, 11) is 0. The first kappa shape index (κ1) is 12.5. The van der Waals surface area contributed by atoms with Crippen LogP contribution in [-0.2, 0) is 6.54 Å². The molecule has 0 aliphatic carbocycles. The Kier molecular flexibility index (Phi) is 4.24. The standard InChI is InChI=1S/C16H19NO/c1-3-18-16-7-5-4-6-15(16)17-12-14-10-8-13(2)9-11-14/h4-11,17H,3,12H2,1-2H3. The number of ether oxygens (including phenoxy) is 1. The lowest BCUT2D eigenvalue weighted by atomic mass is 10.1. The maximum Gasteiger partial charge on any atom is 0.142 e. The predicted molar refractivity (Wildman–Crippen MR) is 76.1 cm³/mol. The van der Waals surface area contributed by atoms with Crippen molar-refractivity contribution in [1.29, 1.82) is 0 Å². The van der Waals surface area contributed by atoms with E-state index in [1.165, 1.54) is 11.1 Å². The lowest BCUT2D eigenvalue weighted by Crippen LogP contribution is -2.02. The van der Waals surface area contributed by atoms with E-state index < -0.39 is 0 Å². The van der Waals surface area contributed by atoms with Gasteiger partial charge in [0.25, 0.3) is 0 Å². The van der Waals surface area contributed by atoms with Gasteiger partial charge in [0.2, 0.25) is 0 Å². The van der Waals surface area contributed by atoms with Gasteiger partial charge in [-0.1, -0.05) is 42.0 Å². The van der Waals surface area contributed by atoms with E-state index in [9.17, 15) is 0 Å². The van der Waals surface area contributed by atoms with E-state index >= 15 is 0 Å². The van der Waals surface area contributed by atoms with Crippen LogP contribution in [0.25, 0.3) is 0 Å². The third kappa shape index (κ3) is 3.27. The molecular weight excluding hydrogens is 222 g/mol. The minimum atomic E-state index is 0.684. The Morgan fingerprint density at radius 2 is 1.72 bits per heavy atom. The summed E-state index contributed by atoms with van der Waals surface area (Å²) in [6.07, 6.45) is 0. The number of aryl methyl sites for hydroxylation is 1. The van der Waals surface area contributed by atoms with Crippen LogP contribution >= 0.6 is 0 Å². The zero-order valence-electron chi connectivity index (χ0n) is 10.9. The Labute approximate surface area is 109 Å². The molecule has 0 unspecified atom stereocenters. The Hall–Kier alpha value is -1.96. The summed E-state index contributed by atoms with van der Waals surface area (Å²) >= 11 is 0. The third-order valence-electron chi connectivity index (χ3n) is 2.79. The lowest BCUT2D eigenvalue weighted by molar-refractivity contribution is 0.341. The van der Waals surface area contributed by atoms with Gasteiger partial charge in [-0.05, 0) is 31.5 Å². The highest BCUT2D eigenvalue weighted by atomic mass is 16.5. The van der Waals surface area contributed by atoms with Gasteiger partial charge in [-0.15, -0.1) is 0 Å². The lowest BCUT2D eigenvalue weighted by Gasteiger charge is -2.12. The number of benzene rings is 2. The van der Waals surface area contributed by atoms with Crippen molar-refractivity contribution in [2.45, 2.75) is 20.4 Å². The molecule has 2 rings (SSSR count). The van der Waals surface area contributed by atoms with Gasteiger partial charge < -0.3 is 10.1 Å². The quantitative estimate of drug-likeness (QED) is 0.854. The van der Waals surface area contributed by atoms with Crippen molar-refractivity contribution < 1.29 is 4.74 Å². The van der Waals surface area contributed by atoms with Crippen molar-refractivity contribution in [2.24, 2.45) is 0 Å². The number of hydrogen-bond acceptors (Lipinski definition) is 2. The SMILES string of the molecule is CCOc1ccccc1NCc1ccc(C)cc1. The Morgan fingerprint density at radius 3 is 2.44 bits per heavy atom. The second-order valence-electron chi connectivity index (χ2n) is 4.27. The number of nitrogens with one attached hydrogen (secondary N) is 1. The molecule has 2 nitrogen and oxygen atoms in total. The van der Waals surface area contributed by atoms with Crippen LogP contribution in [-0.4, -0.2) is 6.61 Å². The first-order valence-corrected chi connectivity index (χ1v) is 6.31. The van der Waals surface area contributed by atoms with Crippen LogP contribution in [0, 0.1) is 6.92 Å². The minimum Gasteiger partial charge on any atom is -0.492 e. The van der Waals surface area contributed by atoms with E-state index in [1.54, 1.807) is 0 Å². The van der Waals surface area contributed by atoms with E-state index in [0.29, 0.717) is 6.61 Å². The molecule has 1 N–H and O–H groups in total. The van der Waals surface area contributed by atoms with E-state index in [0.717, 1.165) is 18.0 Å². The second kappa shape index (κ2) is 6.10. The first-order chi connectivity index (χ1) is 8.79. The van der Waals surface area contributed by atoms with Gasteiger partial charge in [-0.25, -0.2) is 0 Å². The van der Waals surface area contributed by atoms with Crippen LogP contribution in [0.5, 0.6) is 5.75 Å². The molecule has 0 aliphatic rings. The van der Waals surface area contributed by atoms with Crippen LogP contribution in [0.15, 0.2) is 48.5 Å². The molecule has 0 amide bonds. The molecule has 0 aromatic heterocycles. The fourth-order valence-corrected chi connectivity index (χ4v) is 1.80. The van der Waals surface area contributed by atoms with E-state index in [4.69, 9.17) is 4.74 Å². The monoisotopic (exact) mass is 241 g/mol. The molecule has 0 aliphatic heterocycles. The first-order valence-electron chi connectivity index (χ1n) is 6.31. The molecule has 94 valence electrons. The van der Waals surface area contributed by atoms with E-state index in [2.05, 4.69) is 36.5 Å². The second-order valence-corrected chi connectivity index (χ2v) is 4.27. The summed E-state index contributed by atoms with van der Waals surface area (Å²) in [5.74, 6) is 0.909. The maximum absolute atomic E-state index is 5.58. The molecular formula is C16H19NO. The molecule has 0 spiro atoms. The Bertz CT molecular complexity index is 491. The molecule has 0 heterocycles. The normalized spacial score (nSPS) is 10.1. The molecule has 0 saturated carbocycles. The van der Waals surface area contributed by atoms with Gasteiger partial charge >= 0.3 is 0 Å². The molecule has 2 aromatic carbocycles. The zero-order valence-corrected chi connectivity index (χ0v) is 10.9. The maximum atomic E-state index is 5.58. The fraction of sp³-hybridized carbons (Fsp3) is 0.250. The minimum absolute atomic E-state index is 0.684. The molecule has 2 aromatic rings. The fourth-order valence-electron chi connectivity index (χ4n) is 1.80. The van der Waals surface area contributed by atoms with Crippen molar-refractivity contribution >= 4 is 5.69 Å². The average Bonchev–Trinajstić information content (AvgIpc) is 2.40. The Balaban J connectivity index is 2.03. The van der Waals surface area contributed by atoms with Crippen molar-refractivity contribution in [3.8, 4) is 5.75 Å². The molecule has 0 bridgehead atoms. The average molecular weight is 241 g/mol. The number of para-hydroxylation sites is 2. The van der Waals surface area contributed by atoms with Crippen LogP contribution in [0.1, 0.15) is 18.1 Å². The van der Waals surface area contributed by atoms with Gasteiger partial charge in [0.1, 0.15) is 5.75 Å². The third-order valence-corrected chi connectivity index (χ3v) is 2.79. The van der Waals surface area contributed by atoms with Crippen LogP contribution < -0.4 is 10.1 Å². The summed E-state index contributed by atoms with van der Waals surface area (Å²) in [6, 6.07) is 16.6. The van der Waals surface area contributed by atoms with Crippen molar-refractivity contribution in [3.05, 3.63) is 59.7 Å². The van der Waals surface area contributed by atoms with Crippen LogP contribution in [0.3, 0.4) is 0 Å². The van der Waals surface area contributed by atoms with Gasteiger partial charge in [-0.3, -0.25) is 0 Å². The molecule has 2 heteroatoms. The van der Waals surface area contributed by atoms with Crippen LogP contribution in [0.4, 0.5) is 5.69 Å². The summed E-state index contributed by atoms with van der Waals surface area (Å²) < 4.78 is 5.58. The van der Waals surface area contributed by atoms with E-state index in [1.807, 2.05) is 31.2 Å². The summed E-state index contributed by atoms with van der Waals surface area (Å²) in [6.45, 7) is 5.59. The topological polar surface area (TPSA) is 21.3 Å². The molecule has 0 atom stereocenters. The summed E-state index contributed by atoms with van der Waals surface area (Å²) in [5.41, 5.74) is 3.60. The molecule has 0 fully saturated rings. The van der Waals surface area contributed by atoms with Gasteiger partial charge in [0, 0.05) is 6.54 Å². The number of anilines is 1. The van der Waals surface area contributed by atoms with Crippen molar-refractivity contribution in [3.63, 3.8) is 0 Å². The number of hydrogen-bond donors (Lipinski definition) is 1. The zero-order chi connectivity index (χ0) is 12.8. The Morgan fingerprint density at radius 1 is 1.00 bits per heavy atom. The highest BCUT2D eigenvalue weighted by molar-refractivity contribution is 5.56. The predicted octanol–water partition coefficient (Wildman–Crippen LogP) is 4.01. The molecule has 18 heavy (non-hydrogen) atoms. The summed E-state index contributed by atoms with van der Waals surface area (Å²) in [4.78, 5) is 0. The molecule has 0 radical (unpaired) electrons. The van der Waals surface area contributed by atoms with Crippen molar-refractivity contribution in [2.75, 3.05) is 11.9 Å². The van der Waals surface area contributed by atoms with Gasteiger partial charge in [0.15, 0.2) is 0 Å². The largest absolute Gasteiger partial charge is 0.492 e. The summed E-state index contributed by atoms with van der Waals surface area (Å²) in [5, 5.41) is 3.41. The highest BCUT2D eigenvalue weighted by Crippen LogP contribution is 2.24. The van der Waals surface area contributed by atoms with Crippen molar-refractivity contribution in [1.82, 2.24) is 0 Å². The van der Waals surface area contributed by atoms with E-state index in [-0.39, 0.29) is 0 Å². The highest BCUT2D eigenvalue weighted by Gasteiger charge is 2.01. The van der Waals surface area contributed by atoms with Crippen LogP contribution in [0.2, 0.25) is 0 Å². The van der Waals surface area contributed by atoms with Gasteiger partial charge in [0.05, 0.1) is 12.3 Å². The smallest absolute Gasteiger partial charge is 0.142 e. The van der Waals surface area contributed by atoms with Gasteiger partial charge in [-0.2, -0.15) is 0 Å². The molecule has 0 saturated heterocycles. The number of rotatable bonds is 5.